The van der Waals surface area contributed by atoms with Crippen LogP contribution in [0, 0.1) is 6.92 Å². The average molecular weight is 507 g/mol. The Labute approximate surface area is 203 Å². The summed E-state index contributed by atoms with van der Waals surface area (Å²) in [6.07, 6.45) is 1.79. The average Bonchev–Trinajstić information content (AvgIpc) is 2.77. The smallest absolute Gasteiger partial charge is 0.294 e. The second-order valence-electron chi connectivity index (χ2n) is 8.16. The molecule has 0 fully saturated rings. The maximum atomic E-state index is 12.2. The first-order valence-corrected chi connectivity index (χ1v) is 12.5. The number of hydrogen-bond donors (Lipinski definition) is 1. The van der Waals surface area contributed by atoms with Crippen molar-refractivity contribution in [2.75, 3.05) is 6.61 Å². The normalized spacial score (nSPS) is 11.7. The van der Waals surface area contributed by atoms with Gasteiger partial charge in [0.2, 0.25) is 0 Å². The summed E-state index contributed by atoms with van der Waals surface area (Å²) in [5.41, 5.74) is 2.84. The Hall–Kier alpha value is -2.72. The molecule has 0 bridgehead atoms. The molecule has 0 unspecified atom stereocenters. The molecule has 0 aliphatic rings. The van der Waals surface area contributed by atoms with Crippen LogP contribution in [0.25, 0.3) is 0 Å². The van der Waals surface area contributed by atoms with E-state index in [0.717, 1.165) is 16.7 Å². The summed E-state index contributed by atoms with van der Waals surface area (Å²) in [5.74, 6) is 0.233. The van der Waals surface area contributed by atoms with Gasteiger partial charge in [0.25, 0.3) is 15.7 Å². The molecular weight excluding hydrogens is 480 g/mol. The van der Waals surface area contributed by atoms with Crippen LogP contribution in [0.15, 0.2) is 58.4 Å². The maximum Gasteiger partial charge on any atom is 0.294 e. The lowest BCUT2D eigenvalue weighted by atomic mass is 10.1. The fourth-order valence-electron chi connectivity index (χ4n) is 3.32. The van der Waals surface area contributed by atoms with E-state index in [4.69, 9.17) is 21.1 Å². The van der Waals surface area contributed by atoms with Gasteiger partial charge in [-0.2, -0.15) is 13.5 Å². The fraction of sp³-hybridized carbons (Fsp3) is 0.333. The number of benzene rings is 2. The summed E-state index contributed by atoms with van der Waals surface area (Å²) in [6.45, 7) is 6.40. The van der Waals surface area contributed by atoms with Crippen LogP contribution in [0.4, 0.5) is 0 Å². The molecule has 3 aromatic rings. The zero-order valence-corrected chi connectivity index (χ0v) is 20.8. The van der Waals surface area contributed by atoms with Crippen molar-refractivity contribution in [3.05, 3.63) is 86.3 Å². The first-order valence-electron chi connectivity index (χ1n) is 10.7. The molecule has 182 valence electrons. The lowest BCUT2D eigenvalue weighted by Gasteiger charge is -2.12. The molecule has 0 saturated heterocycles. The van der Waals surface area contributed by atoms with Gasteiger partial charge < -0.3 is 9.47 Å². The van der Waals surface area contributed by atoms with Crippen LogP contribution in [-0.2, 0) is 34.5 Å². The van der Waals surface area contributed by atoms with Crippen LogP contribution in [0.3, 0.4) is 0 Å². The molecule has 34 heavy (non-hydrogen) atoms. The van der Waals surface area contributed by atoms with Gasteiger partial charge in [-0.1, -0.05) is 53.6 Å². The molecule has 2 aromatic carbocycles. The Kier molecular flexibility index (Phi) is 8.48. The number of aromatic nitrogens is 2. The molecule has 0 radical (unpaired) electrons. The van der Waals surface area contributed by atoms with Gasteiger partial charge in [-0.05, 0) is 49.9 Å². The van der Waals surface area contributed by atoms with Gasteiger partial charge >= 0.3 is 0 Å². The minimum Gasteiger partial charge on any atom is -0.485 e. The summed E-state index contributed by atoms with van der Waals surface area (Å²) in [7, 11) is -4.28. The first-order chi connectivity index (χ1) is 16.1. The van der Waals surface area contributed by atoms with E-state index in [1.54, 1.807) is 12.1 Å². The minimum absolute atomic E-state index is 0.000476. The van der Waals surface area contributed by atoms with Crippen molar-refractivity contribution in [2.24, 2.45) is 0 Å². The van der Waals surface area contributed by atoms with E-state index in [0.29, 0.717) is 25.2 Å². The van der Waals surface area contributed by atoms with Crippen molar-refractivity contribution in [2.45, 2.75) is 51.3 Å². The third-order valence-electron chi connectivity index (χ3n) is 5.10. The van der Waals surface area contributed by atoms with Crippen LogP contribution < -0.4 is 10.3 Å². The highest BCUT2D eigenvalue weighted by molar-refractivity contribution is 7.85. The Morgan fingerprint density at radius 3 is 2.35 bits per heavy atom. The van der Waals surface area contributed by atoms with E-state index < -0.39 is 15.7 Å². The summed E-state index contributed by atoms with van der Waals surface area (Å²) < 4.78 is 45.1. The second-order valence-corrected chi connectivity index (χ2v) is 9.93. The van der Waals surface area contributed by atoms with Crippen molar-refractivity contribution in [1.82, 2.24) is 9.78 Å². The Balaban J connectivity index is 1.52. The van der Waals surface area contributed by atoms with Gasteiger partial charge in [-0.25, -0.2) is 4.68 Å². The van der Waals surface area contributed by atoms with Crippen molar-refractivity contribution >= 4 is 21.7 Å². The molecule has 0 saturated carbocycles. The summed E-state index contributed by atoms with van der Waals surface area (Å²) in [4.78, 5) is 12.1. The Morgan fingerprint density at radius 1 is 1.09 bits per heavy atom. The Bertz CT molecular complexity index is 1300. The second kappa shape index (κ2) is 11.1. The van der Waals surface area contributed by atoms with Crippen LogP contribution in [0.5, 0.6) is 5.75 Å². The molecule has 0 amide bonds. The molecule has 1 heterocycles. The van der Waals surface area contributed by atoms with Crippen LogP contribution >= 0.6 is 11.6 Å². The van der Waals surface area contributed by atoms with E-state index >= 15 is 0 Å². The highest BCUT2D eigenvalue weighted by Crippen LogP contribution is 2.21. The van der Waals surface area contributed by atoms with Gasteiger partial charge in [0.1, 0.15) is 6.61 Å². The molecule has 0 spiro atoms. The maximum absolute atomic E-state index is 12.2. The SMILES string of the molecule is Cc1ccc(S(=O)(=O)O)c(CCOCc2ccc(COc3cnn(C(C)C)c(=O)c3Cl)cc2)c1. The summed E-state index contributed by atoms with van der Waals surface area (Å²) >= 11 is 6.13. The standard InChI is InChI=1S/C24H27ClN2O6S/c1-16(2)27-24(28)23(25)21(13-26-27)33-15-19-7-5-18(6-8-19)14-32-11-10-20-12-17(3)4-9-22(20)34(29,30)31/h4-9,12-13,16H,10-11,14-15H2,1-3H3,(H,29,30,31). The number of ether oxygens (including phenoxy) is 2. The molecule has 8 nitrogen and oxygen atoms in total. The van der Waals surface area contributed by atoms with Crippen LogP contribution in [0.1, 0.15) is 42.1 Å². The predicted molar refractivity (Wildman–Crippen MR) is 129 cm³/mol. The lowest BCUT2D eigenvalue weighted by Crippen LogP contribution is -2.25. The quantitative estimate of drug-likeness (QED) is 0.321. The van der Waals surface area contributed by atoms with Crippen LogP contribution in [-0.4, -0.2) is 29.4 Å². The molecule has 1 N–H and O–H groups in total. The molecule has 0 atom stereocenters. The molecule has 10 heteroatoms. The number of aryl methyl sites for hydroxylation is 1. The topological polar surface area (TPSA) is 108 Å². The van der Waals surface area contributed by atoms with Gasteiger partial charge in [-0.3, -0.25) is 9.35 Å². The number of hydrogen-bond acceptors (Lipinski definition) is 6. The van der Waals surface area contributed by atoms with Gasteiger partial charge in [0.15, 0.2) is 10.8 Å². The van der Waals surface area contributed by atoms with Gasteiger partial charge in [0, 0.05) is 0 Å². The highest BCUT2D eigenvalue weighted by Gasteiger charge is 2.15. The highest BCUT2D eigenvalue weighted by atomic mass is 35.5. The molecular formula is C24H27ClN2O6S. The molecule has 0 aliphatic heterocycles. The zero-order valence-electron chi connectivity index (χ0n) is 19.2. The summed E-state index contributed by atoms with van der Waals surface area (Å²) in [5, 5.41) is 4.08. The number of halogens is 1. The van der Waals surface area contributed by atoms with E-state index in [-0.39, 0.29) is 28.3 Å². The van der Waals surface area contributed by atoms with Crippen molar-refractivity contribution in [3.63, 3.8) is 0 Å². The van der Waals surface area contributed by atoms with Crippen molar-refractivity contribution in [3.8, 4) is 5.75 Å². The Morgan fingerprint density at radius 2 is 1.74 bits per heavy atom. The van der Waals surface area contributed by atoms with Crippen molar-refractivity contribution < 1.29 is 22.4 Å². The number of rotatable bonds is 10. The third-order valence-corrected chi connectivity index (χ3v) is 6.40. The number of nitrogens with zero attached hydrogens (tertiary/aromatic N) is 2. The largest absolute Gasteiger partial charge is 0.485 e. The predicted octanol–water partition coefficient (Wildman–Crippen LogP) is 4.37. The zero-order chi connectivity index (χ0) is 24.9. The van der Waals surface area contributed by atoms with E-state index in [2.05, 4.69) is 5.10 Å². The van der Waals surface area contributed by atoms with Crippen LogP contribution in [0.2, 0.25) is 5.02 Å². The molecule has 3 rings (SSSR count). The first kappa shape index (κ1) is 25.9. The fourth-order valence-corrected chi connectivity index (χ4v) is 4.24. The van der Waals surface area contributed by atoms with Gasteiger partial charge in [0.05, 0.1) is 30.3 Å². The van der Waals surface area contributed by atoms with E-state index in [1.807, 2.05) is 45.0 Å². The van der Waals surface area contributed by atoms with Gasteiger partial charge in [-0.15, -0.1) is 0 Å². The molecule has 0 aliphatic carbocycles. The molecule has 1 aromatic heterocycles. The summed E-state index contributed by atoms with van der Waals surface area (Å²) in [6, 6.07) is 12.2. The lowest BCUT2D eigenvalue weighted by molar-refractivity contribution is 0.123. The third kappa shape index (κ3) is 6.66. The van der Waals surface area contributed by atoms with Crippen molar-refractivity contribution in [1.29, 1.82) is 0 Å². The van der Waals surface area contributed by atoms with E-state index in [1.165, 1.54) is 16.9 Å². The monoisotopic (exact) mass is 506 g/mol. The van der Waals surface area contributed by atoms with E-state index in [9.17, 15) is 17.8 Å². The minimum atomic E-state index is -4.28.